The van der Waals surface area contributed by atoms with Crippen LogP contribution in [-0.2, 0) is 9.53 Å². The maximum absolute atomic E-state index is 12.2. The molecule has 0 spiro atoms. The van der Waals surface area contributed by atoms with Crippen molar-refractivity contribution >= 4 is 11.7 Å². The Hall–Kier alpha value is -2.48. The molecule has 0 unspecified atom stereocenters. The lowest BCUT2D eigenvalue weighted by atomic mass is 10.1. The van der Waals surface area contributed by atoms with Gasteiger partial charge >= 0.3 is 11.7 Å². The number of anilines is 1. The van der Waals surface area contributed by atoms with Gasteiger partial charge in [0.25, 0.3) is 0 Å². The first kappa shape index (κ1) is 17.9. The minimum Gasteiger partial charge on any atom is -0.470 e. The smallest absolute Gasteiger partial charge is 0.341 e. The van der Waals surface area contributed by atoms with Gasteiger partial charge in [-0.1, -0.05) is 51.2 Å². The zero-order chi connectivity index (χ0) is 17.4. The molecule has 0 aliphatic carbocycles. The lowest BCUT2D eigenvalue weighted by molar-refractivity contribution is -0.139. The molecule has 1 aliphatic rings. The maximum atomic E-state index is 12.2. The molecule has 0 saturated heterocycles. The molecule has 0 amide bonds. The molecular weight excluding hydrogens is 304 g/mol. The summed E-state index contributed by atoms with van der Waals surface area (Å²) in [5.41, 5.74) is 0.719. The van der Waals surface area contributed by atoms with Gasteiger partial charge in [0.05, 0.1) is 18.9 Å². The average molecular weight is 328 g/mol. The zero-order valence-corrected chi connectivity index (χ0v) is 14.4. The number of esters is 1. The molecule has 5 nitrogen and oxygen atoms in total. The van der Waals surface area contributed by atoms with E-state index in [1.165, 1.54) is 19.3 Å². The van der Waals surface area contributed by atoms with Crippen LogP contribution in [0, 0.1) is 6.57 Å². The number of unbranched alkanes of at least 4 members (excludes halogenated alkanes) is 5. The van der Waals surface area contributed by atoms with Crippen molar-refractivity contribution in [2.24, 2.45) is 0 Å². The van der Waals surface area contributed by atoms with Crippen molar-refractivity contribution in [1.29, 1.82) is 0 Å². The summed E-state index contributed by atoms with van der Waals surface area (Å²) in [6.07, 6.45) is 6.71. The number of benzene rings is 1. The van der Waals surface area contributed by atoms with Crippen molar-refractivity contribution in [3.05, 3.63) is 47.3 Å². The van der Waals surface area contributed by atoms with Gasteiger partial charge < -0.3 is 14.4 Å². The number of fused-ring (bicyclic) bond motifs is 1. The van der Waals surface area contributed by atoms with Crippen LogP contribution >= 0.6 is 0 Å². The number of carbonyl (C=O) groups excluding carboxylic acids is 1. The van der Waals surface area contributed by atoms with Crippen molar-refractivity contribution in [3.8, 4) is 5.75 Å². The second-order valence-electron chi connectivity index (χ2n) is 5.80. The molecule has 0 radical (unpaired) electrons. The SMILES string of the molecule is [C-]#[N+]C(C(=O)OCCCCCCCC)=C1Oc2ccccc2N1C. The number of nitrogens with zero attached hydrogens (tertiary/aromatic N) is 2. The molecule has 0 saturated carbocycles. The largest absolute Gasteiger partial charge is 0.470 e. The highest BCUT2D eigenvalue weighted by molar-refractivity contribution is 5.92. The number of hydrogen-bond donors (Lipinski definition) is 0. The normalized spacial score (nSPS) is 14.6. The third kappa shape index (κ3) is 4.29. The first-order valence-corrected chi connectivity index (χ1v) is 8.48. The van der Waals surface area contributed by atoms with Crippen molar-refractivity contribution in [2.75, 3.05) is 18.6 Å². The van der Waals surface area contributed by atoms with Gasteiger partial charge in [-0.05, 0) is 18.6 Å². The molecule has 128 valence electrons. The first-order chi connectivity index (χ1) is 11.7. The van der Waals surface area contributed by atoms with E-state index in [1.54, 1.807) is 11.9 Å². The summed E-state index contributed by atoms with van der Waals surface area (Å²) in [7, 11) is 1.77. The molecule has 1 aromatic rings. The number of ether oxygens (including phenoxy) is 2. The van der Waals surface area contributed by atoms with Crippen LogP contribution in [0.1, 0.15) is 45.4 Å². The fraction of sp³-hybridized carbons (Fsp3) is 0.474. The first-order valence-electron chi connectivity index (χ1n) is 8.48. The van der Waals surface area contributed by atoms with E-state index in [2.05, 4.69) is 11.8 Å². The number of para-hydroxylation sites is 2. The maximum Gasteiger partial charge on any atom is 0.341 e. The highest BCUT2D eigenvalue weighted by Gasteiger charge is 2.30. The Morgan fingerprint density at radius 2 is 1.92 bits per heavy atom. The predicted molar refractivity (Wildman–Crippen MR) is 93.4 cm³/mol. The highest BCUT2D eigenvalue weighted by Crippen LogP contribution is 2.38. The lowest BCUT2D eigenvalue weighted by Gasteiger charge is -2.13. The van der Waals surface area contributed by atoms with Gasteiger partial charge in [0.15, 0.2) is 5.75 Å². The van der Waals surface area contributed by atoms with E-state index in [1.807, 2.05) is 24.3 Å². The summed E-state index contributed by atoms with van der Waals surface area (Å²) in [5, 5.41) is 0. The summed E-state index contributed by atoms with van der Waals surface area (Å²) in [5.74, 6) is 0.257. The molecule has 0 bridgehead atoms. The third-order valence-corrected chi connectivity index (χ3v) is 3.98. The van der Waals surface area contributed by atoms with E-state index in [4.69, 9.17) is 16.0 Å². The Balaban J connectivity index is 1.90. The van der Waals surface area contributed by atoms with E-state index >= 15 is 0 Å². The second-order valence-corrected chi connectivity index (χ2v) is 5.80. The highest BCUT2D eigenvalue weighted by atomic mass is 16.5. The third-order valence-electron chi connectivity index (χ3n) is 3.98. The summed E-state index contributed by atoms with van der Waals surface area (Å²) < 4.78 is 10.9. The van der Waals surface area contributed by atoms with Gasteiger partial charge in [-0.3, -0.25) is 4.79 Å². The number of carbonyl (C=O) groups is 1. The van der Waals surface area contributed by atoms with Gasteiger partial charge in [0, 0.05) is 7.05 Å². The average Bonchev–Trinajstić information content (AvgIpc) is 2.92. The minimum absolute atomic E-state index is 0.111. The van der Waals surface area contributed by atoms with E-state index in [0.717, 1.165) is 24.9 Å². The van der Waals surface area contributed by atoms with Crippen LogP contribution in [0.4, 0.5) is 5.69 Å². The van der Waals surface area contributed by atoms with Crippen LogP contribution in [0.25, 0.3) is 4.85 Å². The Kier molecular flexibility index (Phi) is 6.68. The second kappa shape index (κ2) is 8.97. The Bertz CT molecular complexity index is 646. The van der Waals surface area contributed by atoms with E-state index in [0.29, 0.717) is 12.4 Å². The van der Waals surface area contributed by atoms with Crippen molar-refractivity contribution in [2.45, 2.75) is 45.4 Å². The molecule has 2 rings (SSSR count). The van der Waals surface area contributed by atoms with Gasteiger partial charge in [0.1, 0.15) is 0 Å². The fourth-order valence-corrected chi connectivity index (χ4v) is 2.61. The molecule has 1 aliphatic heterocycles. The number of rotatable bonds is 8. The van der Waals surface area contributed by atoms with Gasteiger partial charge in [0.2, 0.25) is 5.88 Å². The molecule has 0 N–H and O–H groups in total. The summed E-state index contributed by atoms with van der Waals surface area (Å²) in [6, 6.07) is 7.42. The zero-order valence-electron chi connectivity index (χ0n) is 14.4. The molecular formula is C19H24N2O3. The van der Waals surface area contributed by atoms with Gasteiger partial charge in [-0.15, -0.1) is 0 Å². The molecule has 24 heavy (non-hydrogen) atoms. The van der Waals surface area contributed by atoms with Crippen LogP contribution in [0.15, 0.2) is 35.8 Å². The quantitative estimate of drug-likeness (QED) is 0.305. The van der Waals surface area contributed by atoms with Crippen LogP contribution in [0.2, 0.25) is 0 Å². The molecule has 0 aromatic heterocycles. The van der Waals surface area contributed by atoms with Crippen molar-refractivity contribution in [3.63, 3.8) is 0 Å². The van der Waals surface area contributed by atoms with E-state index < -0.39 is 5.97 Å². The summed E-state index contributed by atoms with van der Waals surface area (Å²) >= 11 is 0. The van der Waals surface area contributed by atoms with E-state index in [-0.39, 0.29) is 11.6 Å². The molecule has 1 aromatic carbocycles. The van der Waals surface area contributed by atoms with Crippen LogP contribution < -0.4 is 9.64 Å². The fourth-order valence-electron chi connectivity index (χ4n) is 2.61. The van der Waals surface area contributed by atoms with Crippen LogP contribution in [-0.4, -0.2) is 19.6 Å². The Morgan fingerprint density at radius 1 is 1.21 bits per heavy atom. The molecule has 1 heterocycles. The summed E-state index contributed by atoms with van der Waals surface area (Å²) in [4.78, 5) is 17.2. The monoisotopic (exact) mass is 328 g/mol. The standard InChI is InChI=1S/C19H24N2O3/c1-4-5-6-7-8-11-14-23-19(22)17(20-2)18-21(3)15-12-9-10-13-16(15)24-18/h9-10,12-13H,4-8,11,14H2,1,3H3. The van der Waals surface area contributed by atoms with E-state index in [9.17, 15) is 4.79 Å². The Morgan fingerprint density at radius 3 is 2.62 bits per heavy atom. The minimum atomic E-state index is -0.617. The van der Waals surface area contributed by atoms with Gasteiger partial charge in [-0.2, -0.15) is 0 Å². The lowest BCUT2D eigenvalue weighted by Crippen LogP contribution is -2.20. The predicted octanol–water partition coefficient (Wildman–Crippen LogP) is 4.51. The van der Waals surface area contributed by atoms with Crippen LogP contribution in [0.3, 0.4) is 0 Å². The van der Waals surface area contributed by atoms with Crippen LogP contribution in [0.5, 0.6) is 5.75 Å². The Labute approximate surface area is 143 Å². The van der Waals surface area contributed by atoms with Crippen molar-refractivity contribution < 1.29 is 14.3 Å². The molecule has 0 fully saturated rings. The molecule has 0 atom stereocenters. The summed E-state index contributed by atoms with van der Waals surface area (Å²) in [6.45, 7) is 9.83. The van der Waals surface area contributed by atoms with Crippen molar-refractivity contribution in [1.82, 2.24) is 0 Å². The van der Waals surface area contributed by atoms with Gasteiger partial charge in [-0.25, -0.2) is 4.85 Å². The topological polar surface area (TPSA) is 43.1 Å². The number of hydrogen-bond acceptors (Lipinski definition) is 4. The molecule has 5 heteroatoms.